The molecule has 2 rings (SSSR count). The van der Waals surface area contributed by atoms with Crippen LogP contribution in [-0.4, -0.2) is 33.0 Å². The number of ether oxygens (including phenoxy) is 1. The molecule has 0 bridgehead atoms. The standard InChI is InChI=1S/C12H12O5S/c1-17-12(14)9-6-7-18(15,16)10-5-3-2-4-8(10)11(9)13/h2-5,9H,6-7H2,1H3. The zero-order valence-corrected chi connectivity index (χ0v) is 10.6. The average Bonchev–Trinajstić information content (AvgIpc) is 2.46. The van der Waals surface area contributed by atoms with Crippen molar-refractivity contribution < 1.29 is 22.7 Å². The Labute approximate surface area is 105 Å². The molecule has 0 radical (unpaired) electrons. The summed E-state index contributed by atoms with van der Waals surface area (Å²) in [7, 11) is -2.33. The van der Waals surface area contributed by atoms with Gasteiger partial charge in [-0.15, -0.1) is 0 Å². The van der Waals surface area contributed by atoms with Gasteiger partial charge in [-0.25, -0.2) is 8.42 Å². The molecule has 0 saturated carbocycles. The molecule has 1 aliphatic heterocycles. The van der Waals surface area contributed by atoms with Gasteiger partial charge in [0.15, 0.2) is 15.6 Å². The van der Waals surface area contributed by atoms with E-state index < -0.39 is 27.5 Å². The summed E-state index contributed by atoms with van der Waals surface area (Å²) in [6.45, 7) is 0. The smallest absolute Gasteiger partial charge is 0.316 e. The van der Waals surface area contributed by atoms with Crippen molar-refractivity contribution in [1.82, 2.24) is 0 Å². The van der Waals surface area contributed by atoms with Crippen LogP contribution in [0.25, 0.3) is 0 Å². The van der Waals surface area contributed by atoms with Crippen molar-refractivity contribution in [1.29, 1.82) is 0 Å². The largest absolute Gasteiger partial charge is 0.468 e. The Morgan fingerprint density at radius 1 is 1.33 bits per heavy atom. The molecule has 0 N–H and O–H groups in total. The highest BCUT2D eigenvalue weighted by atomic mass is 32.2. The Morgan fingerprint density at radius 3 is 2.67 bits per heavy atom. The Hall–Kier alpha value is -1.69. The van der Waals surface area contributed by atoms with Crippen molar-refractivity contribution in [2.24, 2.45) is 5.92 Å². The SMILES string of the molecule is COC(=O)C1CCS(=O)(=O)c2ccccc2C1=O. The fourth-order valence-electron chi connectivity index (χ4n) is 2.01. The van der Waals surface area contributed by atoms with Gasteiger partial charge >= 0.3 is 5.97 Å². The summed E-state index contributed by atoms with van der Waals surface area (Å²) in [6.07, 6.45) is -0.0392. The molecule has 1 aliphatic rings. The van der Waals surface area contributed by atoms with Crippen LogP contribution in [0.1, 0.15) is 16.8 Å². The van der Waals surface area contributed by atoms with Crippen molar-refractivity contribution in [3.8, 4) is 0 Å². The lowest BCUT2D eigenvalue weighted by Gasteiger charge is -2.09. The fourth-order valence-corrected chi connectivity index (χ4v) is 3.57. The highest BCUT2D eigenvalue weighted by molar-refractivity contribution is 7.91. The van der Waals surface area contributed by atoms with Gasteiger partial charge in [0.2, 0.25) is 0 Å². The van der Waals surface area contributed by atoms with E-state index in [4.69, 9.17) is 0 Å². The van der Waals surface area contributed by atoms with Crippen molar-refractivity contribution in [3.05, 3.63) is 29.8 Å². The van der Waals surface area contributed by atoms with Crippen molar-refractivity contribution in [2.45, 2.75) is 11.3 Å². The van der Waals surface area contributed by atoms with E-state index in [1.54, 1.807) is 12.1 Å². The van der Waals surface area contributed by atoms with E-state index in [-0.39, 0.29) is 22.6 Å². The number of esters is 1. The molecule has 6 heteroatoms. The molecular formula is C12H12O5S. The highest BCUT2D eigenvalue weighted by Crippen LogP contribution is 2.27. The molecule has 1 unspecified atom stereocenters. The van der Waals surface area contributed by atoms with Crippen molar-refractivity contribution >= 4 is 21.6 Å². The molecule has 18 heavy (non-hydrogen) atoms. The number of ketones is 1. The van der Waals surface area contributed by atoms with Gasteiger partial charge in [0.25, 0.3) is 0 Å². The van der Waals surface area contributed by atoms with Gasteiger partial charge in [-0.1, -0.05) is 18.2 Å². The Balaban J connectivity index is 2.58. The fraction of sp³-hybridized carbons (Fsp3) is 0.333. The van der Waals surface area contributed by atoms with E-state index in [1.165, 1.54) is 19.2 Å². The second-order valence-corrected chi connectivity index (χ2v) is 6.12. The van der Waals surface area contributed by atoms with E-state index in [9.17, 15) is 18.0 Å². The molecule has 0 fully saturated rings. The van der Waals surface area contributed by atoms with E-state index in [1.807, 2.05) is 0 Å². The maximum absolute atomic E-state index is 12.2. The van der Waals surface area contributed by atoms with Gasteiger partial charge < -0.3 is 4.74 Å². The molecular weight excluding hydrogens is 256 g/mol. The number of carbonyl (C=O) groups excluding carboxylic acids is 2. The molecule has 0 spiro atoms. The lowest BCUT2D eigenvalue weighted by atomic mass is 9.95. The van der Waals surface area contributed by atoms with E-state index in [0.717, 1.165) is 0 Å². The third kappa shape index (κ3) is 2.03. The third-order valence-electron chi connectivity index (χ3n) is 2.97. The number of methoxy groups -OCH3 is 1. The third-order valence-corrected chi connectivity index (χ3v) is 4.76. The maximum atomic E-state index is 12.2. The van der Waals surface area contributed by atoms with Crippen LogP contribution >= 0.6 is 0 Å². The second kappa shape index (κ2) is 4.53. The molecule has 1 aromatic rings. The summed E-state index contributed by atoms with van der Waals surface area (Å²) in [6, 6.07) is 5.95. The first-order valence-electron chi connectivity index (χ1n) is 5.41. The predicted octanol–water partition coefficient (Wildman–Crippen LogP) is 0.836. The number of fused-ring (bicyclic) bond motifs is 1. The first-order valence-corrected chi connectivity index (χ1v) is 7.06. The molecule has 0 saturated heterocycles. The number of benzene rings is 1. The van der Waals surface area contributed by atoms with Crippen LogP contribution in [0, 0.1) is 5.92 Å². The summed E-state index contributed by atoms with van der Waals surface area (Å²) < 4.78 is 28.5. The Bertz CT molecular complexity index is 603. The molecule has 1 atom stereocenters. The minimum atomic E-state index is -3.51. The van der Waals surface area contributed by atoms with E-state index in [2.05, 4.69) is 4.74 Å². The van der Waals surface area contributed by atoms with Gasteiger partial charge in [0.05, 0.1) is 17.8 Å². The minimum Gasteiger partial charge on any atom is -0.468 e. The lowest BCUT2D eigenvalue weighted by Crippen LogP contribution is -2.25. The monoisotopic (exact) mass is 268 g/mol. The van der Waals surface area contributed by atoms with Crippen LogP contribution < -0.4 is 0 Å². The predicted molar refractivity (Wildman–Crippen MR) is 62.9 cm³/mol. The molecule has 0 amide bonds. The molecule has 1 heterocycles. The number of rotatable bonds is 1. The minimum absolute atomic E-state index is 0.00130. The van der Waals surface area contributed by atoms with Crippen LogP contribution in [-0.2, 0) is 19.4 Å². The topological polar surface area (TPSA) is 77.5 Å². The number of Topliss-reactive ketones (excluding diaryl/α,β-unsaturated/α-hetero) is 1. The van der Waals surface area contributed by atoms with Crippen LogP contribution in [0.4, 0.5) is 0 Å². The molecule has 0 aliphatic carbocycles. The Kier molecular flexibility index (Phi) is 3.21. The molecule has 0 aromatic heterocycles. The maximum Gasteiger partial charge on any atom is 0.316 e. The molecule has 96 valence electrons. The summed E-state index contributed by atoms with van der Waals surface area (Å²) in [5, 5.41) is 0. The second-order valence-electron chi connectivity index (χ2n) is 4.04. The van der Waals surface area contributed by atoms with E-state index >= 15 is 0 Å². The number of hydrogen-bond donors (Lipinski definition) is 0. The number of hydrogen-bond acceptors (Lipinski definition) is 5. The van der Waals surface area contributed by atoms with Crippen LogP contribution in [0.5, 0.6) is 0 Å². The number of carbonyl (C=O) groups is 2. The van der Waals surface area contributed by atoms with Crippen molar-refractivity contribution in [2.75, 3.05) is 12.9 Å². The van der Waals surface area contributed by atoms with Gasteiger partial charge in [0, 0.05) is 5.56 Å². The number of sulfone groups is 1. The summed E-state index contributed by atoms with van der Waals surface area (Å²) in [4.78, 5) is 23.7. The van der Waals surface area contributed by atoms with Crippen molar-refractivity contribution in [3.63, 3.8) is 0 Å². The summed E-state index contributed by atoms with van der Waals surface area (Å²) >= 11 is 0. The van der Waals surface area contributed by atoms with Crippen LogP contribution in [0.3, 0.4) is 0 Å². The van der Waals surface area contributed by atoms with Crippen LogP contribution in [0.2, 0.25) is 0 Å². The first kappa shape index (κ1) is 12.8. The quantitative estimate of drug-likeness (QED) is 0.557. The molecule has 1 aromatic carbocycles. The summed E-state index contributed by atoms with van der Waals surface area (Å²) in [5.41, 5.74) is 0.0744. The van der Waals surface area contributed by atoms with Gasteiger partial charge in [-0.05, 0) is 12.5 Å². The van der Waals surface area contributed by atoms with Gasteiger partial charge in [-0.3, -0.25) is 9.59 Å². The summed E-state index contributed by atoms with van der Waals surface area (Å²) in [5.74, 6) is -2.44. The lowest BCUT2D eigenvalue weighted by molar-refractivity contribution is -0.143. The molecule has 5 nitrogen and oxygen atoms in total. The van der Waals surface area contributed by atoms with Gasteiger partial charge in [0.1, 0.15) is 5.92 Å². The first-order chi connectivity index (χ1) is 8.47. The average molecular weight is 268 g/mol. The zero-order valence-electron chi connectivity index (χ0n) is 9.75. The van der Waals surface area contributed by atoms with E-state index in [0.29, 0.717) is 0 Å². The normalized spacial score (nSPS) is 21.8. The van der Waals surface area contributed by atoms with Crippen LogP contribution in [0.15, 0.2) is 29.2 Å². The highest BCUT2D eigenvalue weighted by Gasteiger charge is 2.36. The Morgan fingerprint density at radius 2 is 2.00 bits per heavy atom. The zero-order chi connectivity index (χ0) is 13.3. The van der Waals surface area contributed by atoms with Gasteiger partial charge in [-0.2, -0.15) is 0 Å².